The minimum Gasteiger partial charge on any atom is -0.351 e. The van der Waals surface area contributed by atoms with Gasteiger partial charge in [-0.3, -0.25) is 4.79 Å². The first-order chi connectivity index (χ1) is 12.6. The molecule has 0 saturated heterocycles. The standard InChI is InChI=1S/C18H18N6O2/c19-18(26)21-15-8-6-13(7-9-15)10-20-17(25)16-12-24(23-22-16)11-14-4-2-1-3-5-14/h1-9,12H,10-11H2,(H,20,25)(H3,19,21,26). The quantitative estimate of drug-likeness (QED) is 0.628. The Morgan fingerprint density at radius 1 is 1.00 bits per heavy atom. The second-order valence-electron chi connectivity index (χ2n) is 5.66. The highest BCUT2D eigenvalue weighted by Gasteiger charge is 2.10. The second kappa shape index (κ2) is 7.93. The molecule has 0 unspecified atom stereocenters. The van der Waals surface area contributed by atoms with E-state index in [0.29, 0.717) is 18.8 Å². The lowest BCUT2D eigenvalue weighted by atomic mass is 10.2. The Bertz CT molecular complexity index is 890. The molecule has 0 saturated carbocycles. The maximum absolute atomic E-state index is 12.2. The van der Waals surface area contributed by atoms with Crippen molar-refractivity contribution in [3.8, 4) is 0 Å². The van der Waals surface area contributed by atoms with Crippen LogP contribution < -0.4 is 16.4 Å². The molecule has 0 aliphatic rings. The number of hydrogen-bond acceptors (Lipinski definition) is 4. The van der Waals surface area contributed by atoms with Crippen LogP contribution in [0.1, 0.15) is 21.6 Å². The van der Waals surface area contributed by atoms with Gasteiger partial charge in [0.05, 0.1) is 12.7 Å². The van der Waals surface area contributed by atoms with Gasteiger partial charge in [-0.2, -0.15) is 0 Å². The Morgan fingerprint density at radius 2 is 1.73 bits per heavy atom. The minimum atomic E-state index is -0.621. The normalized spacial score (nSPS) is 10.3. The molecule has 8 heteroatoms. The Labute approximate surface area is 150 Å². The highest BCUT2D eigenvalue weighted by atomic mass is 16.2. The number of primary amides is 1. The van der Waals surface area contributed by atoms with Crippen LogP contribution in [-0.2, 0) is 13.1 Å². The molecule has 3 amide bonds. The van der Waals surface area contributed by atoms with Crippen molar-refractivity contribution in [3.05, 3.63) is 77.6 Å². The van der Waals surface area contributed by atoms with Crippen LogP contribution >= 0.6 is 0 Å². The molecule has 0 aliphatic carbocycles. The first kappa shape index (κ1) is 17.2. The van der Waals surface area contributed by atoms with Crippen molar-refractivity contribution in [2.75, 3.05) is 5.32 Å². The number of benzene rings is 2. The Kier molecular flexibility index (Phi) is 5.23. The number of rotatable bonds is 6. The lowest BCUT2D eigenvalue weighted by Crippen LogP contribution is -2.23. The number of nitrogens with one attached hydrogen (secondary N) is 2. The molecule has 3 rings (SSSR count). The van der Waals surface area contributed by atoms with Gasteiger partial charge in [0, 0.05) is 12.2 Å². The van der Waals surface area contributed by atoms with Crippen molar-refractivity contribution in [2.24, 2.45) is 5.73 Å². The third kappa shape index (κ3) is 4.67. The lowest BCUT2D eigenvalue weighted by Gasteiger charge is -2.05. The van der Waals surface area contributed by atoms with Gasteiger partial charge in [-0.15, -0.1) is 5.10 Å². The molecule has 1 heterocycles. The molecule has 0 bridgehead atoms. The monoisotopic (exact) mass is 350 g/mol. The predicted octanol–water partition coefficient (Wildman–Crippen LogP) is 1.75. The van der Waals surface area contributed by atoms with E-state index in [2.05, 4.69) is 20.9 Å². The summed E-state index contributed by atoms with van der Waals surface area (Å²) in [7, 11) is 0. The van der Waals surface area contributed by atoms with Crippen molar-refractivity contribution in [2.45, 2.75) is 13.1 Å². The molecule has 0 aliphatic heterocycles. The molecule has 2 aromatic carbocycles. The van der Waals surface area contributed by atoms with Gasteiger partial charge in [-0.25, -0.2) is 9.48 Å². The third-order valence-corrected chi connectivity index (χ3v) is 3.63. The van der Waals surface area contributed by atoms with Crippen LogP contribution in [0.3, 0.4) is 0 Å². The number of hydrogen-bond donors (Lipinski definition) is 3. The summed E-state index contributed by atoms with van der Waals surface area (Å²) >= 11 is 0. The number of amides is 3. The van der Waals surface area contributed by atoms with Crippen LogP contribution in [0.15, 0.2) is 60.8 Å². The molecule has 0 atom stereocenters. The van der Waals surface area contributed by atoms with Crippen LogP contribution in [-0.4, -0.2) is 26.9 Å². The summed E-state index contributed by atoms with van der Waals surface area (Å²) in [6, 6.07) is 16.2. The van der Waals surface area contributed by atoms with Crippen molar-refractivity contribution in [1.82, 2.24) is 20.3 Å². The van der Waals surface area contributed by atoms with E-state index >= 15 is 0 Å². The van der Waals surface area contributed by atoms with Crippen molar-refractivity contribution in [1.29, 1.82) is 0 Å². The summed E-state index contributed by atoms with van der Waals surface area (Å²) < 4.78 is 1.62. The van der Waals surface area contributed by atoms with E-state index in [1.54, 1.807) is 35.1 Å². The first-order valence-electron chi connectivity index (χ1n) is 7.98. The van der Waals surface area contributed by atoms with Gasteiger partial charge in [0.2, 0.25) is 0 Å². The second-order valence-corrected chi connectivity index (χ2v) is 5.66. The number of carbonyl (C=O) groups excluding carboxylic acids is 2. The van der Waals surface area contributed by atoms with Crippen LogP contribution in [0.5, 0.6) is 0 Å². The Balaban J connectivity index is 1.54. The maximum atomic E-state index is 12.2. The van der Waals surface area contributed by atoms with Gasteiger partial charge in [-0.1, -0.05) is 47.7 Å². The topological polar surface area (TPSA) is 115 Å². The Hall–Kier alpha value is -3.68. The van der Waals surface area contributed by atoms with Gasteiger partial charge in [0.15, 0.2) is 5.69 Å². The van der Waals surface area contributed by atoms with Crippen LogP contribution in [0.2, 0.25) is 0 Å². The molecular weight excluding hydrogens is 332 g/mol. The van der Waals surface area contributed by atoms with Gasteiger partial charge < -0.3 is 16.4 Å². The molecule has 3 aromatic rings. The average Bonchev–Trinajstić information content (AvgIpc) is 3.10. The molecule has 8 nitrogen and oxygen atoms in total. The number of nitrogens with zero attached hydrogens (tertiary/aromatic N) is 3. The molecule has 26 heavy (non-hydrogen) atoms. The van der Waals surface area contributed by atoms with Crippen molar-refractivity contribution >= 4 is 17.6 Å². The fourth-order valence-electron chi connectivity index (χ4n) is 2.37. The Morgan fingerprint density at radius 3 is 2.42 bits per heavy atom. The van der Waals surface area contributed by atoms with Crippen LogP contribution in [0.4, 0.5) is 10.5 Å². The predicted molar refractivity (Wildman–Crippen MR) is 96.4 cm³/mol. The van der Waals surface area contributed by atoms with E-state index in [4.69, 9.17) is 5.73 Å². The average molecular weight is 350 g/mol. The van der Waals surface area contributed by atoms with E-state index in [0.717, 1.165) is 11.1 Å². The van der Waals surface area contributed by atoms with Crippen LogP contribution in [0.25, 0.3) is 0 Å². The molecule has 4 N–H and O–H groups in total. The van der Waals surface area contributed by atoms with Crippen molar-refractivity contribution in [3.63, 3.8) is 0 Å². The number of nitrogens with two attached hydrogens (primary N) is 1. The smallest absolute Gasteiger partial charge is 0.316 e. The zero-order chi connectivity index (χ0) is 18.4. The van der Waals surface area contributed by atoms with E-state index in [-0.39, 0.29) is 11.6 Å². The number of carbonyl (C=O) groups is 2. The third-order valence-electron chi connectivity index (χ3n) is 3.63. The fourth-order valence-corrected chi connectivity index (χ4v) is 2.37. The zero-order valence-corrected chi connectivity index (χ0v) is 13.9. The molecule has 0 radical (unpaired) electrons. The lowest BCUT2D eigenvalue weighted by molar-refractivity contribution is 0.0946. The highest BCUT2D eigenvalue weighted by molar-refractivity contribution is 5.91. The summed E-state index contributed by atoms with van der Waals surface area (Å²) in [5.41, 5.74) is 7.86. The molecule has 0 spiro atoms. The van der Waals surface area contributed by atoms with Crippen LogP contribution in [0, 0.1) is 0 Å². The molecule has 132 valence electrons. The summed E-state index contributed by atoms with van der Waals surface area (Å²) in [6.45, 7) is 0.886. The SMILES string of the molecule is NC(=O)Nc1ccc(CNC(=O)c2cn(Cc3ccccc3)nn2)cc1. The van der Waals surface area contributed by atoms with Gasteiger partial charge in [-0.05, 0) is 23.3 Å². The minimum absolute atomic E-state index is 0.257. The van der Waals surface area contributed by atoms with Crippen molar-refractivity contribution < 1.29 is 9.59 Å². The summed E-state index contributed by atoms with van der Waals surface area (Å²) in [6.07, 6.45) is 1.61. The number of aromatic nitrogens is 3. The highest BCUT2D eigenvalue weighted by Crippen LogP contribution is 2.09. The fraction of sp³-hybridized carbons (Fsp3) is 0.111. The molecular formula is C18H18N6O2. The van der Waals surface area contributed by atoms with E-state index in [9.17, 15) is 9.59 Å². The summed E-state index contributed by atoms with van der Waals surface area (Å²) in [5, 5.41) is 13.2. The van der Waals surface area contributed by atoms with Gasteiger partial charge >= 0.3 is 6.03 Å². The molecule has 0 fully saturated rings. The maximum Gasteiger partial charge on any atom is 0.316 e. The number of urea groups is 1. The molecule has 1 aromatic heterocycles. The van der Waals surface area contributed by atoms with E-state index in [1.165, 1.54) is 0 Å². The summed E-state index contributed by atoms with van der Waals surface area (Å²) in [5.74, 6) is -0.302. The number of anilines is 1. The van der Waals surface area contributed by atoms with E-state index in [1.807, 2.05) is 30.3 Å². The first-order valence-corrected chi connectivity index (χ1v) is 7.98. The van der Waals surface area contributed by atoms with E-state index < -0.39 is 6.03 Å². The van der Waals surface area contributed by atoms with Gasteiger partial charge in [0.25, 0.3) is 5.91 Å². The largest absolute Gasteiger partial charge is 0.351 e. The zero-order valence-electron chi connectivity index (χ0n) is 13.9. The summed E-state index contributed by atoms with van der Waals surface area (Å²) in [4.78, 5) is 23.0. The van der Waals surface area contributed by atoms with Gasteiger partial charge in [0.1, 0.15) is 0 Å².